The van der Waals surface area contributed by atoms with E-state index in [9.17, 15) is 22.7 Å². The summed E-state index contributed by atoms with van der Waals surface area (Å²) in [6.07, 6.45) is 1.13. The van der Waals surface area contributed by atoms with Crippen molar-refractivity contribution in [2.45, 2.75) is 11.8 Å². The van der Waals surface area contributed by atoms with Crippen molar-refractivity contribution in [1.29, 1.82) is 5.26 Å². The van der Waals surface area contributed by atoms with E-state index in [0.717, 1.165) is 40.0 Å². The number of aryl methyl sites for hydroxylation is 1. The number of rotatable bonds is 5. The minimum atomic E-state index is -4.15. The van der Waals surface area contributed by atoms with Crippen molar-refractivity contribution in [3.8, 4) is 17.6 Å². The second-order valence-corrected chi connectivity index (χ2v) is 8.90. The van der Waals surface area contributed by atoms with Crippen LogP contribution in [0.15, 0.2) is 65.7 Å². The molecule has 4 rings (SSSR count). The molecule has 0 spiro atoms. The first-order valence-corrected chi connectivity index (χ1v) is 10.8. The van der Waals surface area contributed by atoms with Gasteiger partial charge in [-0.2, -0.15) is 5.26 Å². The summed E-state index contributed by atoms with van der Waals surface area (Å²) in [7, 11) is -4.15. The number of aromatic carboxylic acids is 1. The zero-order valence-electron chi connectivity index (χ0n) is 16.9. The average molecular weight is 468 g/mol. The molecule has 0 saturated heterocycles. The van der Waals surface area contributed by atoms with Gasteiger partial charge in [0.1, 0.15) is 23.2 Å². The molecule has 1 heterocycles. The first-order chi connectivity index (χ1) is 15.6. The highest BCUT2D eigenvalue weighted by molar-refractivity contribution is 7.90. The predicted octanol–water partition coefficient (Wildman–Crippen LogP) is 4.83. The fraction of sp³-hybridized carbons (Fsp3) is 0.0435. The SMILES string of the molecule is Cc1ccc(S(=O)(=O)n2ccc3c(C(=O)O)c(Oc4ccc(F)c(C#N)c4)c(F)cc32)cc1. The monoisotopic (exact) mass is 468 g/mol. The van der Waals surface area contributed by atoms with Gasteiger partial charge in [0.2, 0.25) is 0 Å². The molecular formula is C23H14F2N2O5S. The van der Waals surface area contributed by atoms with Crippen LogP contribution in [0.3, 0.4) is 0 Å². The molecule has 0 aliphatic rings. The Kier molecular flexibility index (Phi) is 5.35. The summed E-state index contributed by atoms with van der Waals surface area (Å²) in [4.78, 5) is 11.9. The fourth-order valence-electron chi connectivity index (χ4n) is 3.32. The van der Waals surface area contributed by atoms with Gasteiger partial charge in [0, 0.05) is 23.7 Å². The molecule has 10 heteroatoms. The minimum Gasteiger partial charge on any atom is -0.478 e. The first-order valence-electron chi connectivity index (χ1n) is 9.40. The van der Waals surface area contributed by atoms with Crippen LogP contribution < -0.4 is 4.74 Å². The summed E-state index contributed by atoms with van der Waals surface area (Å²) in [5, 5.41) is 18.6. The summed E-state index contributed by atoms with van der Waals surface area (Å²) >= 11 is 0. The maximum absolute atomic E-state index is 15.1. The molecule has 0 aliphatic carbocycles. The van der Waals surface area contributed by atoms with E-state index < -0.39 is 38.9 Å². The van der Waals surface area contributed by atoms with Crippen LogP contribution in [0, 0.1) is 29.9 Å². The van der Waals surface area contributed by atoms with Crippen LogP contribution in [0.25, 0.3) is 10.9 Å². The summed E-state index contributed by atoms with van der Waals surface area (Å²) in [5.41, 5.74) is -0.353. The van der Waals surface area contributed by atoms with Gasteiger partial charge in [-0.1, -0.05) is 17.7 Å². The molecule has 0 bridgehead atoms. The smallest absolute Gasteiger partial charge is 0.340 e. The molecule has 0 unspecified atom stereocenters. The van der Waals surface area contributed by atoms with E-state index in [0.29, 0.717) is 0 Å². The van der Waals surface area contributed by atoms with E-state index in [1.165, 1.54) is 18.2 Å². The second kappa shape index (κ2) is 8.03. The van der Waals surface area contributed by atoms with Gasteiger partial charge in [-0.3, -0.25) is 0 Å². The molecule has 4 aromatic rings. The van der Waals surface area contributed by atoms with Gasteiger partial charge in [0.05, 0.1) is 16.0 Å². The van der Waals surface area contributed by atoms with E-state index in [1.54, 1.807) is 25.1 Å². The van der Waals surface area contributed by atoms with Crippen LogP contribution in [0.1, 0.15) is 21.5 Å². The van der Waals surface area contributed by atoms with Crippen molar-refractivity contribution in [2.24, 2.45) is 0 Å². The summed E-state index contributed by atoms with van der Waals surface area (Å²) in [5.74, 6) is -4.40. The normalized spacial score (nSPS) is 11.3. The van der Waals surface area contributed by atoms with E-state index in [1.807, 2.05) is 0 Å². The number of aromatic nitrogens is 1. The number of halogens is 2. The molecule has 166 valence electrons. The molecule has 0 amide bonds. The number of nitrogens with zero attached hydrogens (tertiary/aromatic N) is 2. The fourth-order valence-corrected chi connectivity index (χ4v) is 4.66. The number of ether oxygens (including phenoxy) is 1. The number of carboxylic acids is 1. The molecule has 0 fully saturated rings. The molecule has 33 heavy (non-hydrogen) atoms. The molecule has 1 aromatic heterocycles. The zero-order chi connectivity index (χ0) is 23.9. The second-order valence-electron chi connectivity index (χ2n) is 7.09. The Morgan fingerprint density at radius 3 is 2.39 bits per heavy atom. The Morgan fingerprint density at radius 2 is 1.76 bits per heavy atom. The van der Waals surface area contributed by atoms with Crippen molar-refractivity contribution in [1.82, 2.24) is 3.97 Å². The van der Waals surface area contributed by atoms with Crippen molar-refractivity contribution < 1.29 is 31.8 Å². The van der Waals surface area contributed by atoms with E-state index in [2.05, 4.69) is 0 Å². The third-order valence-corrected chi connectivity index (χ3v) is 6.64. The Bertz CT molecular complexity index is 1570. The number of carboxylic acid groups (broad SMARTS) is 1. The first kappa shape index (κ1) is 22.0. The maximum Gasteiger partial charge on any atom is 0.340 e. The van der Waals surface area contributed by atoms with E-state index in [-0.39, 0.29) is 27.1 Å². The van der Waals surface area contributed by atoms with Crippen molar-refractivity contribution in [3.05, 3.63) is 89.1 Å². The van der Waals surface area contributed by atoms with Gasteiger partial charge in [-0.25, -0.2) is 26.0 Å². The van der Waals surface area contributed by atoms with Gasteiger partial charge >= 0.3 is 5.97 Å². The molecule has 3 aromatic carbocycles. The number of nitriles is 1. The Labute approximate surface area is 186 Å². The average Bonchev–Trinajstić information content (AvgIpc) is 3.19. The van der Waals surface area contributed by atoms with Crippen LogP contribution in [-0.2, 0) is 10.0 Å². The van der Waals surface area contributed by atoms with E-state index >= 15 is 4.39 Å². The van der Waals surface area contributed by atoms with Gasteiger partial charge in [0.15, 0.2) is 11.6 Å². The lowest BCUT2D eigenvalue weighted by Gasteiger charge is -2.13. The van der Waals surface area contributed by atoms with Crippen molar-refractivity contribution in [2.75, 3.05) is 0 Å². The molecule has 0 saturated carbocycles. The van der Waals surface area contributed by atoms with Crippen LogP contribution in [0.2, 0.25) is 0 Å². The number of fused-ring (bicyclic) bond motifs is 1. The number of carbonyl (C=O) groups is 1. The van der Waals surface area contributed by atoms with Crippen molar-refractivity contribution >= 4 is 26.9 Å². The third-order valence-electron chi connectivity index (χ3n) is 4.94. The lowest BCUT2D eigenvalue weighted by Crippen LogP contribution is -2.12. The molecule has 7 nitrogen and oxygen atoms in total. The molecule has 1 N–H and O–H groups in total. The van der Waals surface area contributed by atoms with Crippen LogP contribution in [0.4, 0.5) is 8.78 Å². The Hall–Kier alpha value is -4.23. The molecule has 0 atom stereocenters. The third kappa shape index (κ3) is 3.79. The van der Waals surface area contributed by atoms with Gasteiger partial charge in [-0.05, 0) is 37.3 Å². The topological polar surface area (TPSA) is 109 Å². The lowest BCUT2D eigenvalue weighted by molar-refractivity contribution is 0.0695. The highest BCUT2D eigenvalue weighted by Crippen LogP contribution is 2.36. The minimum absolute atomic E-state index is 0.0569. The van der Waals surface area contributed by atoms with E-state index in [4.69, 9.17) is 10.00 Å². The maximum atomic E-state index is 15.1. The van der Waals surface area contributed by atoms with Gasteiger partial charge < -0.3 is 9.84 Å². The van der Waals surface area contributed by atoms with Crippen molar-refractivity contribution in [3.63, 3.8) is 0 Å². The molecular weight excluding hydrogens is 454 g/mol. The number of hydrogen-bond donors (Lipinski definition) is 1. The summed E-state index contributed by atoms with van der Waals surface area (Å²) < 4.78 is 61.0. The quantitative estimate of drug-likeness (QED) is 0.449. The van der Waals surface area contributed by atoms with Gasteiger partial charge in [0.25, 0.3) is 10.0 Å². The largest absolute Gasteiger partial charge is 0.478 e. The van der Waals surface area contributed by atoms with Crippen LogP contribution >= 0.6 is 0 Å². The number of benzene rings is 3. The van der Waals surface area contributed by atoms with Gasteiger partial charge in [-0.15, -0.1) is 0 Å². The summed E-state index contributed by atoms with van der Waals surface area (Å²) in [6.45, 7) is 1.79. The Morgan fingerprint density at radius 1 is 1.06 bits per heavy atom. The molecule has 0 aliphatic heterocycles. The summed E-state index contributed by atoms with van der Waals surface area (Å²) in [6, 6.07) is 12.7. The highest BCUT2D eigenvalue weighted by Gasteiger charge is 2.27. The zero-order valence-corrected chi connectivity index (χ0v) is 17.7. The van der Waals surface area contributed by atoms with Crippen LogP contribution in [0.5, 0.6) is 11.5 Å². The Balaban J connectivity index is 1.90. The molecule has 0 radical (unpaired) electrons. The van der Waals surface area contributed by atoms with Crippen LogP contribution in [-0.4, -0.2) is 23.5 Å². The number of hydrogen-bond acceptors (Lipinski definition) is 5. The predicted molar refractivity (Wildman–Crippen MR) is 114 cm³/mol. The lowest BCUT2D eigenvalue weighted by atomic mass is 10.1. The standard InChI is InChI=1S/C23H14F2N2O5S/c1-13-2-5-16(6-3-13)33(30,31)27-9-8-17-20(27)11-19(25)22(21(17)23(28)29)32-15-4-7-18(24)14(10-15)12-26/h2-11H,1H3,(H,28,29). The highest BCUT2D eigenvalue weighted by atomic mass is 32.2.